The van der Waals surface area contributed by atoms with E-state index < -0.39 is 0 Å². The van der Waals surface area contributed by atoms with Gasteiger partial charge in [-0.05, 0) is 242 Å². The minimum absolute atomic E-state index is 0.719. The van der Waals surface area contributed by atoms with Gasteiger partial charge in [0.25, 0.3) is 0 Å². The average molecular weight is 1280 g/mol. The van der Waals surface area contributed by atoms with Gasteiger partial charge in [-0.2, -0.15) is 18.3 Å². The number of para-hydroxylation sites is 1. The van der Waals surface area contributed by atoms with Gasteiger partial charge in [-0.25, -0.2) is 0 Å². The molecule has 0 atom stereocenters. The van der Waals surface area contributed by atoms with Crippen LogP contribution in [0.4, 0.5) is 0 Å². The molecule has 0 spiro atoms. The number of fused-ring (bicyclic) bond motifs is 4. The fourth-order valence-electron chi connectivity index (χ4n) is 17.7. The second-order valence-electron chi connectivity index (χ2n) is 29.8. The summed E-state index contributed by atoms with van der Waals surface area (Å²) < 4.78 is 9.50. The second kappa shape index (κ2) is 29.2. The van der Waals surface area contributed by atoms with Crippen LogP contribution in [0.15, 0.2) is 188 Å². The number of rotatable bonds is 8. The number of aryl methyl sites for hydroxylation is 11. The van der Waals surface area contributed by atoms with E-state index in [1.54, 1.807) is 22.3 Å². The molecule has 4 aliphatic carbocycles. The van der Waals surface area contributed by atoms with Gasteiger partial charge in [0, 0.05) is 92.3 Å². The zero-order chi connectivity index (χ0) is 67.6. The highest BCUT2D eigenvalue weighted by Crippen LogP contribution is 2.43. The lowest BCUT2D eigenvalue weighted by Crippen LogP contribution is -2.33. The number of nitrogens with zero attached hydrogens (tertiary/aromatic N) is 4. The van der Waals surface area contributed by atoms with Gasteiger partial charge in [0.2, 0.25) is 44.8 Å². The summed E-state index contributed by atoms with van der Waals surface area (Å²) in [5.41, 5.74) is 34.4. The molecule has 0 unspecified atom stereocenters. The lowest BCUT2D eigenvalue weighted by molar-refractivity contribution is -0.633. The maximum Gasteiger partial charge on any atom is 0.213 e. The molecule has 8 aromatic carbocycles. The summed E-state index contributed by atoms with van der Waals surface area (Å²) in [5.74, 6) is 2.97. The molecule has 0 saturated heterocycles. The Hall–Kier alpha value is -8.60. The van der Waals surface area contributed by atoms with Crippen LogP contribution < -0.4 is 18.3 Å². The summed E-state index contributed by atoms with van der Waals surface area (Å²) >= 11 is 0. The van der Waals surface area contributed by atoms with Crippen LogP contribution in [-0.4, -0.2) is 0 Å². The van der Waals surface area contributed by atoms with E-state index in [1.165, 1.54) is 241 Å². The number of benzene rings is 8. The predicted molar refractivity (Wildman–Crippen MR) is 410 cm³/mol. The Morgan fingerprint density at radius 3 is 1.01 bits per heavy atom. The molecule has 4 aromatic heterocycles. The van der Waals surface area contributed by atoms with E-state index in [0.717, 1.165) is 23.7 Å². The number of aromatic nitrogens is 4. The number of pyridine rings is 4. The molecule has 4 fully saturated rings. The highest BCUT2D eigenvalue weighted by molar-refractivity contribution is 5.86. The average Bonchev–Trinajstić information content (AvgIpc) is 1.09. The third kappa shape index (κ3) is 13.7. The molecule has 0 N–H and O–H groups in total. The first-order valence-electron chi connectivity index (χ1n) is 37.0. The molecular formula is C93H106N4+4. The van der Waals surface area contributed by atoms with Crippen molar-refractivity contribution in [3.8, 4) is 45.0 Å². The summed E-state index contributed by atoms with van der Waals surface area (Å²) in [6.07, 6.45) is 21.8. The maximum absolute atomic E-state index is 2.49. The Morgan fingerprint density at radius 1 is 0.237 bits per heavy atom. The Balaban J connectivity index is 0.000000117. The van der Waals surface area contributed by atoms with Gasteiger partial charge < -0.3 is 0 Å². The van der Waals surface area contributed by atoms with E-state index in [2.05, 4.69) is 297 Å². The van der Waals surface area contributed by atoms with Crippen LogP contribution in [0, 0.1) is 62.3 Å². The highest BCUT2D eigenvalue weighted by Gasteiger charge is 2.29. The third-order valence-electron chi connectivity index (χ3n) is 23.4. The van der Waals surface area contributed by atoms with Crippen molar-refractivity contribution in [2.24, 2.45) is 28.2 Å². The van der Waals surface area contributed by atoms with E-state index in [0.29, 0.717) is 0 Å². The van der Waals surface area contributed by atoms with Crippen LogP contribution in [0.1, 0.15) is 199 Å². The van der Waals surface area contributed by atoms with Crippen LogP contribution in [0.2, 0.25) is 0 Å². The molecular weight excluding hydrogens is 1170 g/mol. The van der Waals surface area contributed by atoms with Crippen LogP contribution >= 0.6 is 0 Å². The van der Waals surface area contributed by atoms with Crippen molar-refractivity contribution in [3.05, 3.63) is 260 Å². The first-order valence-corrected chi connectivity index (χ1v) is 37.0. The quantitative estimate of drug-likeness (QED) is 0.135. The van der Waals surface area contributed by atoms with Gasteiger partial charge in [0.05, 0.1) is 0 Å². The predicted octanol–water partition coefficient (Wildman–Crippen LogP) is 22.7. The van der Waals surface area contributed by atoms with Crippen LogP contribution in [-0.2, 0) is 28.2 Å². The lowest BCUT2D eigenvalue weighted by Gasteiger charge is -2.16. The Labute approximate surface area is 580 Å². The first kappa shape index (κ1) is 67.0. The molecule has 4 nitrogen and oxygen atoms in total. The maximum atomic E-state index is 2.49. The van der Waals surface area contributed by atoms with Crippen LogP contribution in [0.3, 0.4) is 0 Å². The highest BCUT2D eigenvalue weighted by atomic mass is 15.0. The fraction of sp³-hybridized carbons (Fsp3) is 0.355. The van der Waals surface area contributed by atoms with Crippen molar-refractivity contribution in [2.45, 2.75) is 189 Å². The summed E-state index contributed by atoms with van der Waals surface area (Å²) in [4.78, 5) is 0. The largest absolute Gasteiger partial charge is 0.213 e. The Bertz CT molecular complexity index is 4860. The minimum Gasteiger partial charge on any atom is -0.194 e. The molecule has 0 aliphatic heterocycles. The van der Waals surface area contributed by atoms with E-state index in [-0.39, 0.29) is 0 Å². The SMILES string of the molecule is Cc1cc(C)c(C)c(-c2cc(C3CCCC3)c3ccccc3[n+]2C)c1.Cc1cc(C)c(C)c(-c2ccc3c(C4CCCC4)cccc3[n+]2C)c1.Cc1ccc(C)c(-c2ccc3c(C4CCCC4)cccc3[n+]2C)c1.Cc1ccccc1-c1ccc2c(C3CCCC3)cccc2[n+]1C. The molecule has 0 radical (unpaired) electrons. The fourth-order valence-corrected chi connectivity index (χ4v) is 17.7. The van der Waals surface area contributed by atoms with Gasteiger partial charge in [0.1, 0.15) is 28.2 Å². The van der Waals surface area contributed by atoms with Gasteiger partial charge >= 0.3 is 0 Å². The summed E-state index contributed by atoms with van der Waals surface area (Å²) in [6, 6.07) is 70.5. The molecule has 0 bridgehead atoms. The zero-order valence-electron chi connectivity index (χ0n) is 60.8. The molecule has 4 saturated carbocycles. The van der Waals surface area contributed by atoms with Gasteiger partial charge in [-0.15, -0.1) is 0 Å². The smallest absolute Gasteiger partial charge is 0.194 e. The molecule has 0 amide bonds. The van der Waals surface area contributed by atoms with E-state index in [1.807, 2.05) is 0 Å². The van der Waals surface area contributed by atoms with Crippen LogP contribution in [0.25, 0.3) is 88.6 Å². The van der Waals surface area contributed by atoms with Crippen molar-refractivity contribution in [3.63, 3.8) is 0 Å². The second-order valence-corrected chi connectivity index (χ2v) is 29.8. The van der Waals surface area contributed by atoms with Gasteiger partial charge in [0.15, 0.2) is 0 Å². The van der Waals surface area contributed by atoms with Gasteiger partial charge in [-0.1, -0.05) is 159 Å². The zero-order valence-corrected chi connectivity index (χ0v) is 60.8. The van der Waals surface area contributed by atoms with E-state index >= 15 is 0 Å². The first-order chi connectivity index (χ1) is 47.0. The third-order valence-corrected chi connectivity index (χ3v) is 23.4. The van der Waals surface area contributed by atoms with E-state index in [4.69, 9.17) is 0 Å². The monoisotopic (exact) mass is 1280 g/mol. The van der Waals surface area contributed by atoms with Crippen LogP contribution in [0.5, 0.6) is 0 Å². The topological polar surface area (TPSA) is 15.5 Å². The molecule has 4 aliphatic rings. The molecule has 97 heavy (non-hydrogen) atoms. The standard InChI is InChI=1S/2C24H28N.C23H26N.C22H24N/c1-16-13-17(2)18(3)21(14-16)24-15-22(19-9-5-6-10-19)20-11-7-8-12-23(20)25(24)4;1-16-14-17(2)18(3)22(15-16)24-13-12-21-20(19-8-5-6-9-19)10-7-11-23(21)25(24)4;1-16-11-12-17(2)21(15-16)23-14-13-20-19(18-7-4-5-8-18)9-6-10-22(20)24(23)3;1-16-8-3-6-11-18(16)22-15-14-20-19(17-9-4-5-10-17)12-7-13-21(20)23(22)2/h7-8,11-15,19H,5-6,9-10H2,1-4H3;7,10-15,19H,5-6,8-9H2,1-4H3;6,9-15,18H,4-5,7-8H2,1-3H3;3,6-8,11-15,17H,4-5,9-10H2,1-2H3/q4*+1. The van der Waals surface area contributed by atoms with E-state index in [9.17, 15) is 0 Å². The van der Waals surface area contributed by atoms with Crippen molar-refractivity contribution < 1.29 is 18.3 Å². The van der Waals surface area contributed by atoms with Crippen molar-refractivity contribution >= 4 is 43.6 Å². The minimum atomic E-state index is 0.719. The molecule has 4 heteroatoms. The summed E-state index contributed by atoms with van der Waals surface area (Å²) in [5, 5.41) is 5.73. The molecule has 494 valence electrons. The number of hydrogen-bond acceptors (Lipinski definition) is 0. The lowest BCUT2D eigenvalue weighted by atomic mass is 9.90. The molecule has 12 aromatic rings. The Morgan fingerprint density at radius 2 is 0.567 bits per heavy atom. The van der Waals surface area contributed by atoms with Gasteiger partial charge in [-0.3, -0.25) is 0 Å². The molecule has 4 heterocycles. The summed E-state index contributed by atoms with van der Waals surface area (Å²) in [7, 11) is 8.83. The Kier molecular flexibility index (Phi) is 20.2. The van der Waals surface area contributed by atoms with Crippen molar-refractivity contribution in [2.75, 3.05) is 0 Å². The van der Waals surface area contributed by atoms with Crippen molar-refractivity contribution in [1.29, 1.82) is 0 Å². The van der Waals surface area contributed by atoms with Crippen molar-refractivity contribution in [1.82, 2.24) is 0 Å². The normalized spacial score (nSPS) is 15.3. The summed E-state index contributed by atoms with van der Waals surface area (Å²) in [6.45, 7) is 19.9. The molecule has 16 rings (SSSR count). The number of hydrogen-bond donors (Lipinski definition) is 0.